The van der Waals surface area contributed by atoms with E-state index in [2.05, 4.69) is 72.7 Å². The van der Waals surface area contributed by atoms with Crippen LogP contribution in [0.15, 0.2) is 51.9 Å². The third-order valence-corrected chi connectivity index (χ3v) is 11.7. The molecule has 0 saturated carbocycles. The van der Waals surface area contributed by atoms with E-state index >= 15 is 0 Å². The lowest BCUT2D eigenvalue weighted by atomic mass is 10.1. The molecule has 0 unspecified atom stereocenters. The van der Waals surface area contributed by atoms with Crippen molar-refractivity contribution in [2.24, 2.45) is 0 Å². The van der Waals surface area contributed by atoms with E-state index in [1.165, 1.54) is 23.7 Å². The first kappa shape index (κ1) is 22.4. The van der Waals surface area contributed by atoms with E-state index in [9.17, 15) is 5.26 Å². The predicted molar refractivity (Wildman–Crippen MR) is 133 cm³/mol. The maximum absolute atomic E-state index is 10.8. The molecule has 8 heteroatoms. The van der Waals surface area contributed by atoms with E-state index in [1.54, 1.807) is 0 Å². The first-order chi connectivity index (χ1) is 15.7. The molecule has 3 saturated heterocycles. The van der Waals surface area contributed by atoms with Gasteiger partial charge in [-0.2, -0.15) is 5.26 Å². The number of morpholine rings is 2. The maximum Gasteiger partial charge on any atom is 0.104 e. The molecule has 0 bridgehead atoms. The average Bonchev–Trinajstić information content (AvgIpc) is 3.39. The number of benzene rings is 1. The van der Waals surface area contributed by atoms with E-state index < -0.39 is 7.19 Å². The second-order valence-electron chi connectivity index (χ2n) is 8.50. The van der Waals surface area contributed by atoms with Gasteiger partial charge in [0.25, 0.3) is 0 Å². The summed E-state index contributed by atoms with van der Waals surface area (Å²) in [4.78, 5) is 2.43. The van der Waals surface area contributed by atoms with Crippen LogP contribution in [0.2, 0.25) is 0 Å². The lowest BCUT2D eigenvalue weighted by molar-refractivity contribution is 0.0583. The second-order valence-corrected chi connectivity index (χ2v) is 12.7. The molecule has 1 aromatic rings. The van der Waals surface area contributed by atoms with Crippen molar-refractivity contribution in [1.29, 1.82) is 5.26 Å². The smallest absolute Gasteiger partial charge is 0.104 e. The fourth-order valence-electron chi connectivity index (χ4n) is 5.34. The molecular weight excluding hydrogens is 487 g/mol. The van der Waals surface area contributed by atoms with Crippen molar-refractivity contribution in [3.8, 4) is 6.07 Å². The number of ether oxygens (including phenoxy) is 2. The Balaban J connectivity index is 1.82. The maximum atomic E-state index is 10.8. The summed E-state index contributed by atoms with van der Waals surface area (Å²) in [7, 11) is -2.32. The predicted octanol–water partition coefficient (Wildman–Crippen LogP) is 3.88. The van der Waals surface area contributed by atoms with Crippen LogP contribution in [-0.4, -0.2) is 85.2 Å². The highest BCUT2D eigenvalue weighted by molar-refractivity contribution is 9.10. The Hall–Kier alpha value is -1.39. The average molecular weight is 517 g/mol. The van der Waals surface area contributed by atoms with Crippen molar-refractivity contribution < 1.29 is 9.47 Å². The van der Waals surface area contributed by atoms with E-state index in [0.29, 0.717) is 26.4 Å². The Morgan fingerprint density at radius 1 is 0.875 bits per heavy atom. The molecule has 0 N–H and O–H groups in total. The molecule has 0 radical (unpaired) electrons. The minimum absolute atomic E-state index is 0.708. The van der Waals surface area contributed by atoms with Gasteiger partial charge in [-0.05, 0) is 42.7 Å². The molecule has 0 amide bonds. The minimum atomic E-state index is -2.32. The van der Waals surface area contributed by atoms with E-state index in [0.717, 1.165) is 54.8 Å². The molecule has 5 rings (SSSR count). The third-order valence-electron chi connectivity index (χ3n) is 6.76. The van der Waals surface area contributed by atoms with Gasteiger partial charge in [0.15, 0.2) is 0 Å². The zero-order valence-electron chi connectivity index (χ0n) is 18.4. The van der Waals surface area contributed by atoms with E-state index in [4.69, 9.17) is 9.47 Å². The largest absolute Gasteiger partial charge is 0.379 e. The van der Waals surface area contributed by atoms with Gasteiger partial charge in [-0.1, -0.05) is 28.1 Å². The first-order valence-corrected chi connectivity index (χ1v) is 14.0. The Kier molecular flexibility index (Phi) is 6.89. The van der Waals surface area contributed by atoms with Gasteiger partial charge in [-0.3, -0.25) is 9.34 Å². The fourth-order valence-corrected chi connectivity index (χ4v) is 10.5. The Morgan fingerprint density at radius 2 is 1.50 bits per heavy atom. The molecule has 1 aromatic carbocycles. The number of rotatable bonds is 4. The summed E-state index contributed by atoms with van der Waals surface area (Å²) in [5, 5.41) is 13.0. The van der Waals surface area contributed by atoms with Gasteiger partial charge < -0.3 is 14.4 Å². The number of likely N-dealkylation sites (tertiary alicyclic amines) is 1. The number of hydrogen-bond acceptors (Lipinski definition) is 6. The summed E-state index contributed by atoms with van der Waals surface area (Å²) in [5.74, 6) is 0. The van der Waals surface area contributed by atoms with Gasteiger partial charge in [-0.15, -0.1) is 0 Å². The lowest BCUT2D eigenvalue weighted by Gasteiger charge is -2.51. The number of nitriles is 1. The summed E-state index contributed by atoms with van der Waals surface area (Å²) in [6.07, 6.45) is 6.91. The van der Waals surface area contributed by atoms with Gasteiger partial charge in [-0.25, -0.2) is 0 Å². The molecule has 4 heterocycles. The van der Waals surface area contributed by atoms with Gasteiger partial charge in [0.2, 0.25) is 0 Å². The van der Waals surface area contributed by atoms with Gasteiger partial charge >= 0.3 is 0 Å². The summed E-state index contributed by atoms with van der Waals surface area (Å²) in [5.41, 5.74) is 2.32. The second kappa shape index (κ2) is 9.85. The van der Waals surface area contributed by atoms with Gasteiger partial charge in [0, 0.05) is 49.0 Å². The van der Waals surface area contributed by atoms with Crippen LogP contribution < -0.4 is 0 Å². The summed E-state index contributed by atoms with van der Waals surface area (Å²) >= 11 is 3.68. The van der Waals surface area contributed by atoms with E-state index in [-0.39, 0.29) is 0 Å². The van der Waals surface area contributed by atoms with Crippen LogP contribution in [0.25, 0.3) is 0 Å². The van der Waals surface area contributed by atoms with Crippen LogP contribution in [-0.2, 0) is 9.47 Å². The lowest BCUT2D eigenvalue weighted by Crippen LogP contribution is -2.46. The molecule has 170 valence electrons. The quantitative estimate of drug-likeness (QED) is 0.566. The van der Waals surface area contributed by atoms with Crippen LogP contribution in [0.3, 0.4) is 0 Å². The SMILES string of the molecule is N#CC1=C(N2CCCC2)C=CC(c2cccc(Br)c2)=P1(N1CCOCC1)N1CCOCC1. The summed E-state index contributed by atoms with van der Waals surface area (Å²) in [6.45, 7) is 8.26. The number of hydrogen-bond donors (Lipinski definition) is 0. The molecule has 0 atom stereocenters. The van der Waals surface area contributed by atoms with E-state index in [1.807, 2.05) is 0 Å². The monoisotopic (exact) mass is 516 g/mol. The number of halogens is 1. The van der Waals surface area contributed by atoms with Crippen molar-refractivity contribution in [2.45, 2.75) is 12.8 Å². The minimum Gasteiger partial charge on any atom is -0.379 e. The van der Waals surface area contributed by atoms with Crippen LogP contribution >= 0.6 is 23.1 Å². The zero-order chi connectivity index (χ0) is 22.0. The van der Waals surface area contributed by atoms with Crippen LogP contribution in [0, 0.1) is 11.3 Å². The fraction of sp³-hybridized carbons (Fsp3) is 0.500. The normalized spacial score (nSPS) is 24.8. The van der Waals surface area contributed by atoms with Crippen molar-refractivity contribution in [1.82, 2.24) is 14.2 Å². The standard InChI is InChI=1S/C24H30BrN4O2P/c25-21-5-3-4-20(18-21)23-7-6-22(27-8-1-2-9-27)24(19-26)32(23,28-10-14-30-15-11-28)29-12-16-31-17-13-29/h3-7,18H,1-2,8-17H2. The van der Waals surface area contributed by atoms with Crippen LogP contribution in [0.5, 0.6) is 0 Å². The zero-order valence-corrected chi connectivity index (χ0v) is 20.9. The highest BCUT2D eigenvalue weighted by Gasteiger charge is 2.44. The van der Waals surface area contributed by atoms with Gasteiger partial charge in [0.1, 0.15) is 11.4 Å². The van der Waals surface area contributed by atoms with Crippen molar-refractivity contribution in [3.63, 3.8) is 0 Å². The summed E-state index contributed by atoms with van der Waals surface area (Å²) in [6, 6.07) is 11.3. The molecular formula is C24H30BrN4O2P. The molecule has 0 aromatic heterocycles. The van der Waals surface area contributed by atoms with Crippen molar-refractivity contribution >= 4 is 28.4 Å². The number of nitrogens with zero attached hydrogens (tertiary/aromatic N) is 4. The first-order valence-electron chi connectivity index (χ1n) is 11.5. The molecule has 3 fully saturated rings. The highest BCUT2D eigenvalue weighted by Crippen LogP contribution is 2.66. The Labute approximate surface area is 199 Å². The van der Waals surface area contributed by atoms with Crippen molar-refractivity contribution in [2.75, 3.05) is 65.7 Å². The Bertz CT molecular complexity index is 991. The third kappa shape index (κ3) is 3.92. The molecule has 0 aliphatic carbocycles. The molecule has 32 heavy (non-hydrogen) atoms. The van der Waals surface area contributed by atoms with Gasteiger partial charge in [0.05, 0.1) is 39.3 Å². The van der Waals surface area contributed by atoms with Crippen molar-refractivity contribution in [3.05, 3.63) is 57.5 Å². The topological polar surface area (TPSA) is 52.0 Å². The van der Waals surface area contributed by atoms with Crippen LogP contribution in [0.1, 0.15) is 18.4 Å². The highest BCUT2D eigenvalue weighted by atomic mass is 79.9. The molecule has 6 nitrogen and oxygen atoms in total. The Morgan fingerprint density at radius 3 is 2.06 bits per heavy atom. The summed E-state index contributed by atoms with van der Waals surface area (Å²) < 4.78 is 17.8. The molecule has 0 spiro atoms. The molecule has 4 aliphatic rings. The van der Waals surface area contributed by atoms with Crippen LogP contribution in [0.4, 0.5) is 0 Å². The number of allylic oxidation sites excluding steroid dienone is 3. The molecule has 4 aliphatic heterocycles.